The van der Waals surface area contributed by atoms with Crippen LogP contribution in [0.25, 0.3) is 11.2 Å². The molecule has 10 heteroatoms. The fraction of sp³-hybridized carbons (Fsp3) is 0.292. The lowest BCUT2D eigenvalue weighted by molar-refractivity contribution is -0.0822. The number of rotatable bonds is 8. The third-order valence-electron chi connectivity index (χ3n) is 5.77. The number of ether oxygens (including phenoxy) is 3. The average molecular weight is 463 g/mol. The standard InChI is InChI=1S/C24H25N5O5/c25-23-27-21-20(22(30)28-23)26-24(31)29(21)19-11-17(33-13-16-9-5-2-6-10-16)18(34-19)14-32-12-15-7-3-1-4-8-15/h1-10,17-19H,11-14H2,(H,26,31)(H3,25,27,28,30)/t17?,18-,19-/m1/s1. The molecule has 4 aromatic rings. The molecule has 0 saturated carbocycles. The van der Waals surface area contributed by atoms with E-state index in [1.807, 2.05) is 60.7 Å². The normalized spacial score (nSPS) is 20.2. The largest absolute Gasteiger partial charge is 0.374 e. The molecule has 1 fully saturated rings. The highest BCUT2D eigenvalue weighted by atomic mass is 16.6. The topological polar surface area (TPSA) is 137 Å². The van der Waals surface area contributed by atoms with Crippen molar-refractivity contribution in [1.29, 1.82) is 0 Å². The molecular formula is C24H25N5O5. The number of imidazole rings is 1. The van der Waals surface area contributed by atoms with Gasteiger partial charge in [0.25, 0.3) is 5.56 Å². The maximum Gasteiger partial charge on any atom is 0.329 e. The van der Waals surface area contributed by atoms with Gasteiger partial charge in [-0.1, -0.05) is 60.7 Å². The highest BCUT2D eigenvalue weighted by Gasteiger charge is 2.39. The van der Waals surface area contributed by atoms with Crippen molar-refractivity contribution in [2.75, 3.05) is 12.3 Å². The predicted molar refractivity (Wildman–Crippen MR) is 125 cm³/mol. The van der Waals surface area contributed by atoms with Crippen LogP contribution in [0.1, 0.15) is 23.8 Å². The number of nitrogens with one attached hydrogen (secondary N) is 2. The van der Waals surface area contributed by atoms with Crippen molar-refractivity contribution in [1.82, 2.24) is 19.5 Å². The molecule has 5 rings (SSSR count). The Balaban J connectivity index is 1.36. The van der Waals surface area contributed by atoms with E-state index in [0.29, 0.717) is 19.6 Å². The second-order valence-corrected chi connectivity index (χ2v) is 8.15. The van der Waals surface area contributed by atoms with E-state index in [-0.39, 0.29) is 29.8 Å². The number of benzene rings is 2. The molecule has 0 radical (unpaired) electrons. The van der Waals surface area contributed by atoms with Crippen molar-refractivity contribution in [2.45, 2.75) is 38.1 Å². The Labute approximate surface area is 194 Å². The molecule has 4 N–H and O–H groups in total. The molecule has 176 valence electrons. The first-order chi connectivity index (χ1) is 16.6. The van der Waals surface area contributed by atoms with Gasteiger partial charge in [-0.05, 0) is 11.1 Å². The molecule has 1 aliphatic heterocycles. The molecule has 1 unspecified atom stereocenters. The molecule has 3 heterocycles. The van der Waals surface area contributed by atoms with Crippen molar-refractivity contribution in [2.24, 2.45) is 0 Å². The summed E-state index contributed by atoms with van der Waals surface area (Å²) in [6.07, 6.45) is -1.07. The van der Waals surface area contributed by atoms with Gasteiger partial charge in [-0.15, -0.1) is 0 Å². The van der Waals surface area contributed by atoms with Crippen LogP contribution in [0, 0.1) is 0 Å². The minimum absolute atomic E-state index is 0.0494. The number of fused-ring (bicyclic) bond motifs is 1. The number of H-pyrrole nitrogens is 2. The highest BCUT2D eigenvalue weighted by Crippen LogP contribution is 2.32. The van der Waals surface area contributed by atoms with Gasteiger partial charge in [0.15, 0.2) is 11.2 Å². The molecule has 3 atom stereocenters. The Bertz CT molecular complexity index is 1370. The van der Waals surface area contributed by atoms with Gasteiger partial charge in [0.2, 0.25) is 5.95 Å². The lowest BCUT2D eigenvalue weighted by Crippen LogP contribution is -2.29. The van der Waals surface area contributed by atoms with Crippen LogP contribution in [0.4, 0.5) is 5.95 Å². The Kier molecular flexibility index (Phi) is 6.26. The van der Waals surface area contributed by atoms with Gasteiger partial charge in [-0.25, -0.2) is 9.36 Å². The first-order valence-corrected chi connectivity index (χ1v) is 11.0. The summed E-state index contributed by atoms with van der Waals surface area (Å²) in [7, 11) is 0. The van der Waals surface area contributed by atoms with E-state index in [9.17, 15) is 9.59 Å². The summed E-state index contributed by atoms with van der Waals surface area (Å²) in [4.78, 5) is 34.0. The molecule has 0 bridgehead atoms. The molecule has 0 spiro atoms. The Hall–Kier alpha value is -3.73. The van der Waals surface area contributed by atoms with E-state index in [2.05, 4.69) is 15.0 Å². The minimum atomic E-state index is -0.693. The number of nitrogens with two attached hydrogens (primary N) is 1. The van der Waals surface area contributed by atoms with Crippen molar-refractivity contribution < 1.29 is 14.2 Å². The maximum atomic E-state index is 12.7. The third kappa shape index (κ3) is 4.65. The Morgan fingerprint density at radius 2 is 1.68 bits per heavy atom. The summed E-state index contributed by atoms with van der Waals surface area (Å²) in [6, 6.07) is 19.6. The zero-order valence-corrected chi connectivity index (χ0v) is 18.3. The number of aromatic nitrogens is 4. The van der Waals surface area contributed by atoms with Crippen molar-refractivity contribution in [3.63, 3.8) is 0 Å². The van der Waals surface area contributed by atoms with Crippen molar-refractivity contribution in [3.8, 4) is 0 Å². The van der Waals surface area contributed by atoms with Crippen LogP contribution in [0.3, 0.4) is 0 Å². The molecule has 34 heavy (non-hydrogen) atoms. The van der Waals surface area contributed by atoms with E-state index in [4.69, 9.17) is 19.9 Å². The maximum absolute atomic E-state index is 12.7. The number of aromatic amines is 2. The lowest BCUT2D eigenvalue weighted by atomic mass is 10.1. The number of hydrogen-bond donors (Lipinski definition) is 3. The second kappa shape index (κ2) is 9.64. The molecule has 1 saturated heterocycles. The average Bonchev–Trinajstić information content (AvgIpc) is 3.39. The zero-order valence-electron chi connectivity index (χ0n) is 18.3. The smallest absolute Gasteiger partial charge is 0.329 e. The third-order valence-corrected chi connectivity index (χ3v) is 5.77. The number of nitrogen functional groups attached to an aromatic ring is 1. The van der Waals surface area contributed by atoms with E-state index in [0.717, 1.165) is 11.1 Å². The minimum Gasteiger partial charge on any atom is -0.374 e. The van der Waals surface area contributed by atoms with E-state index < -0.39 is 23.6 Å². The number of hydrogen-bond acceptors (Lipinski definition) is 7. The Morgan fingerprint density at radius 1 is 1.00 bits per heavy atom. The van der Waals surface area contributed by atoms with Crippen LogP contribution >= 0.6 is 0 Å². The molecule has 0 amide bonds. The summed E-state index contributed by atoms with van der Waals surface area (Å²) in [5.41, 5.74) is 6.95. The molecule has 2 aromatic heterocycles. The fourth-order valence-corrected chi connectivity index (χ4v) is 4.12. The Morgan fingerprint density at radius 3 is 2.38 bits per heavy atom. The quantitative estimate of drug-likeness (QED) is 0.364. The SMILES string of the molecule is Nc1nc2c([nH]c(=O)n2[C@H]2CC(OCc3ccccc3)[C@@H](COCc3ccccc3)O2)c(=O)[nH]1. The molecule has 10 nitrogen and oxygen atoms in total. The van der Waals surface area contributed by atoms with E-state index >= 15 is 0 Å². The van der Waals surface area contributed by atoms with Crippen LogP contribution in [0.15, 0.2) is 70.3 Å². The lowest BCUT2D eigenvalue weighted by Gasteiger charge is -2.19. The van der Waals surface area contributed by atoms with Gasteiger partial charge in [0, 0.05) is 6.42 Å². The van der Waals surface area contributed by atoms with E-state index in [1.165, 1.54) is 4.57 Å². The molecule has 2 aromatic carbocycles. The van der Waals surface area contributed by atoms with Gasteiger partial charge in [0.05, 0.1) is 25.9 Å². The van der Waals surface area contributed by atoms with Gasteiger partial charge >= 0.3 is 5.69 Å². The van der Waals surface area contributed by atoms with Crippen LogP contribution in [0.5, 0.6) is 0 Å². The van der Waals surface area contributed by atoms with E-state index in [1.54, 1.807) is 0 Å². The highest BCUT2D eigenvalue weighted by molar-refractivity contribution is 5.70. The molecule has 0 aliphatic carbocycles. The van der Waals surface area contributed by atoms with Gasteiger partial charge in [-0.3, -0.25) is 14.8 Å². The summed E-state index contributed by atoms with van der Waals surface area (Å²) in [5.74, 6) is -0.0807. The van der Waals surface area contributed by atoms with Crippen LogP contribution < -0.4 is 17.0 Å². The van der Waals surface area contributed by atoms with Crippen LogP contribution in [-0.2, 0) is 27.4 Å². The first kappa shape index (κ1) is 22.1. The van der Waals surface area contributed by atoms with Crippen molar-refractivity contribution >= 4 is 17.1 Å². The second-order valence-electron chi connectivity index (χ2n) is 8.15. The monoisotopic (exact) mass is 463 g/mol. The molecule has 1 aliphatic rings. The van der Waals surface area contributed by atoms with Gasteiger partial charge < -0.3 is 19.9 Å². The van der Waals surface area contributed by atoms with Crippen LogP contribution in [0.2, 0.25) is 0 Å². The molecular weight excluding hydrogens is 438 g/mol. The van der Waals surface area contributed by atoms with Gasteiger partial charge in [-0.2, -0.15) is 4.98 Å². The summed E-state index contributed by atoms with van der Waals surface area (Å²) in [6.45, 7) is 1.10. The predicted octanol–water partition coefficient (Wildman–Crippen LogP) is 2.08. The van der Waals surface area contributed by atoms with Crippen molar-refractivity contribution in [3.05, 3.63) is 92.6 Å². The number of nitrogens with zero attached hydrogens (tertiary/aromatic N) is 2. The van der Waals surface area contributed by atoms with Crippen LogP contribution in [-0.4, -0.2) is 38.3 Å². The summed E-state index contributed by atoms with van der Waals surface area (Å²) < 4.78 is 19.6. The number of anilines is 1. The summed E-state index contributed by atoms with van der Waals surface area (Å²) in [5, 5.41) is 0. The fourth-order valence-electron chi connectivity index (χ4n) is 4.12. The summed E-state index contributed by atoms with van der Waals surface area (Å²) >= 11 is 0. The van der Waals surface area contributed by atoms with Gasteiger partial charge in [0.1, 0.15) is 12.3 Å². The first-order valence-electron chi connectivity index (χ1n) is 11.0. The zero-order chi connectivity index (χ0) is 23.5.